The Morgan fingerprint density at radius 3 is 2.52 bits per heavy atom. The van der Waals surface area contributed by atoms with E-state index >= 15 is 0 Å². The zero-order valence-electron chi connectivity index (χ0n) is 12.9. The summed E-state index contributed by atoms with van der Waals surface area (Å²) in [6.07, 6.45) is 8.50. The standard InChI is InChI=1S/C18H24N2O/c1-21-17-12-15(4-5-16(17)13-19)14-20-10-8-18(9-11-20)6-2-3-7-18/h4-5,12H,2-3,6-11,14H2,1H3. The van der Waals surface area contributed by atoms with E-state index in [2.05, 4.69) is 17.0 Å². The van der Waals surface area contributed by atoms with Gasteiger partial charge in [0, 0.05) is 6.54 Å². The molecule has 1 saturated heterocycles. The van der Waals surface area contributed by atoms with Gasteiger partial charge in [-0.2, -0.15) is 5.26 Å². The number of rotatable bonds is 3. The smallest absolute Gasteiger partial charge is 0.136 e. The molecule has 21 heavy (non-hydrogen) atoms. The lowest BCUT2D eigenvalue weighted by molar-refractivity contribution is 0.103. The number of nitriles is 1. The molecule has 1 aromatic rings. The van der Waals surface area contributed by atoms with Crippen LogP contribution in [-0.2, 0) is 6.54 Å². The molecule has 1 aromatic carbocycles. The van der Waals surface area contributed by atoms with Crippen LogP contribution in [0.25, 0.3) is 0 Å². The molecule has 0 bridgehead atoms. The molecule has 3 rings (SSSR count). The fourth-order valence-corrected chi connectivity index (χ4v) is 4.00. The minimum atomic E-state index is 0.616. The number of methoxy groups -OCH3 is 1. The third-order valence-corrected chi connectivity index (χ3v) is 5.37. The van der Waals surface area contributed by atoms with Crippen LogP contribution >= 0.6 is 0 Å². The summed E-state index contributed by atoms with van der Waals surface area (Å²) in [6.45, 7) is 3.39. The van der Waals surface area contributed by atoms with Crippen molar-refractivity contribution < 1.29 is 4.74 Å². The molecule has 3 heteroatoms. The van der Waals surface area contributed by atoms with Crippen LogP contribution in [0.4, 0.5) is 0 Å². The first kappa shape index (κ1) is 14.4. The van der Waals surface area contributed by atoms with Gasteiger partial charge in [-0.25, -0.2) is 0 Å². The van der Waals surface area contributed by atoms with E-state index in [1.807, 2.05) is 12.1 Å². The van der Waals surface area contributed by atoms with Crippen molar-refractivity contribution >= 4 is 0 Å². The van der Waals surface area contributed by atoms with Crippen molar-refractivity contribution in [1.29, 1.82) is 5.26 Å². The van der Waals surface area contributed by atoms with Crippen molar-refractivity contribution in [3.05, 3.63) is 29.3 Å². The van der Waals surface area contributed by atoms with Crippen molar-refractivity contribution in [1.82, 2.24) is 4.90 Å². The van der Waals surface area contributed by atoms with Crippen LogP contribution in [0.1, 0.15) is 49.7 Å². The minimum absolute atomic E-state index is 0.616. The fourth-order valence-electron chi connectivity index (χ4n) is 4.00. The Morgan fingerprint density at radius 1 is 1.19 bits per heavy atom. The summed E-state index contributed by atoms with van der Waals surface area (Å²) in [6, 6.07) is 8.11. The number of piperidine rings is 1. The number of ether oxygens (including phenoxy) is 1. The van der Waals surface area contributed by atoms with Gasteiger partial charge in [0.1, 0.15) is 11.8 Å². The molecule has 0 atom stereocenters. The van der Waals surface area contributed by atoms with Gasteiger partial charge < -0.3 is 4.74 Å². The van der Waals surface area contributed by atoms with Crippen molar-refractivity contribution in [3.63, 3.8) is 0 Å². The highest BCUT2D eigenvalue weighted by molar-refractivity contribution is 5.45. The lowest BCUT2D eigenvalue weighted by Crippen LogP contribution is -2.38. The van der Waals surface area contributed by atoms with Crippen LogP contribution in [0.3, 0.4) is 0 Å². The maximum Gasteiger partial charge on any atom is 0.136 e. The van der Waals surface area contributed by atoms with E-state index in [9.17, 15) is 0 Å². The lowest BCUT2D eigenvalue weighted by atomic mass is 9.77. The van der Waals surface area contributed by atoms with Gasteiger partial charge in [-0.3, -0.25) is 4.90 Å². The first-order valence-corrected chi connectivity index (χ1v) is 8.04. The van der Waals surface area contributed by atoms with E-state index in [0.29, 0.717) is 16.7 Å². The topological polar surface area (TPSA) is 36.3 Å². The van der Waals surface area contributed by atoms with Gasteiger partial charge >= 0.3 is 0 Å². The number of benzene rings is 1. The van der Waals surface area contributed by atoms with Gasteiger partial charge in [0.2, 0.25) is 0 Å². The second-order valence-electron chi connectivity index (χ2n) is 6.63. The molecule has 0 N–H and O–H groups in total. The van der Waals surface area contributed by atoms with Crippen molar-refractivity contribution in [2.45, 2.75) is 45.1 Å². The summed E-state index contributed by atoms with van der Waals surface area (Å²) in [4.78, 5) is 2.55. The lowest BCUT2D eigenvalue weighted by Gasteiger charge is -2.39. The molecule has 3 nitrogen and oxygen atoms in total. The molecule has 0 amide bonds. The minimum Gasteiger partial charge on any atom is -0.495 e. The molecule has 2 fully saturated rings. The Bertz CT molecular complexity index is 531. The Labute approximate surface area is 127 Å². The number of hydrogen-bond acceptors (Lipinski definition) is 3. The predicted octanol–water partition coefficient (Wildman–Crippen LogP) is 3.72. The summed E-state index contributed by atoms with van der Waals surface area (Å²) in [7, 11) is 1.63. The van der Waals surface area contributed by atoms with E-state index in [1.165, 1.54) is 57.2 Å². The van der Waals surface area contributed by atoms with Gasteiger partial charge in [0.05, 0.1) is 12.7 Å². The van der Waals surface area contributed by atoms with Crippen LogP contribution in [-0.4, -0.2) is 25.1 Å². The van der Waals surface area contributed by atoms with Gasteiger partial charge in [-0.1, -0.05) is 18.9 Å². The number of nitrogens with zero attached hydrogens (tertiary/aromatic N) is 2. The molecule has 1 aliphatic heterocycles. The maximum absolute atomic E-state index is 9.04. The Balaban J connectivity index is 1.61. The third-order valence-electron chi connectivity index (χ3n) is 5.37. The Kier molecular flexibility index (Phi) is 4.17. The van der Waals surface area contributed by atoms with E-state index in [1.54, 1.807) is 7.11 Å². The van der Waals surface area contributed by atoms with Crippen LogP contribution in [0.15, 0.2) is 18.2 Å². The second-order valence-corrected chi connectivity index (χ2v) is 6.63. The first-order valence-electron chi connectivity index (χ1n) is 8.04. The van der Waals surface area contributed by atoms with Crippen LogP contribution in [0.5, 0.6) is 5.75 Å². The molecule has 1 heterocycles. The van der Waals surface area contributed by atoms with Gasteiger partial charge in [-0.05, 0) is 61.9 Å². The van der Waals surface area contributed by atoms with Crippen LogP contribution < -0.4 is 4.74 Å². The van der Waals surface area contributed by atoms with Crippen molar-refractivity contribution in [2.24, 2.45) is 5.41 Å². The Hall–Kier alpha value is -1.53. The molecule has 0 aromatic heterocycles. The molecular weight excluding hydrogens is 260 g/mol. The highest BCUT2D eigenvalue weighted by Gasteiger charge is 2.36. The molecular formula is C18H24N2O. The predicted molar refractivity (Wildman–Crippen MR) is 83.1 cm³/mol. The molecule has 112 valence electrons. The average Bonchev–Trinajstić information content (AvgIpc) is 2.98. The van der Waals surface area contributed by atoms with E-state index in [0.717, 1.165) is 6.54 Å². The summed E-state index contributed by atoms with van der Waals surface area (Å²) < 4.78 is 5.30. The van der Waals surface area contributed by atoms with E-state index < -0.39 is 0 Å². The normalized spacial score (nSPS) is 21.3. The average molecular weight is 284 g/mol. The van der Waals surface area contributed by atoms with Crippen LogP contribution in [0.2, 0.25) is 0 Å². The summed E-state index contributed by atoms with van der Waals surface area (Å²) >= 11 is 0. The third kappa shape index (κ3) is 3.06. The first-order chi connectivity index (χ1) is 10.2. The highest BCUT2D eigenvalue weighted by atomic mass is 16.5. The molecule has 2 aliphatic rings. The van der Waals surface area contributed by atoms with Crippen molar-refractivity contribution in [2.75, 3.05) is 20.2 Å². The zero-order chi connectivity index (χ0) is 14.7. The SMILES string of the molecule is COc1cc(CN2CCC3(CCCC3)CC2)ccc1C#N. The molecule has 0 unspecified atom stereocenters. The monoisotopic (exact) mass is 284 g/mol. The summed E-state index contributed by atoms with van der Waals surface area (Å²) in [5.74, 6) is 0.694. The molecule has 1 saturated carbocycles. The number of hydrogen-bond donors (Lipinski definition) is 0. The van der Waals surface area contributed by atoms with E-state index in [-0.39, 0.29) is 0 Å². The van der Waals surface area contributed by atoms with Gasteiger partial charge in [-0.15, -0.1) is 0 Å². The summed E-state index contributed by atoms with van der Waals surface area (Å²) in [5.41, 5.74) is 2.54. The Morgan fingerprint density at radius 2 is 1.90 bits per heavy atom. The number of likely N-dealkylation sites (tertiary alicyclic amines) is 1. The largest absolute Gasteiger partial charge is 0.495 e. The van der Waals surface area contributed by atoms with E-state index in [4.69, 9.17) is 10.00 Å². The molecule has 1 spiro atoms. The van der Waals surface area contributed by atoms with Gasteiger partial charge in [0.25, 0.3) is 0 Å². The maximum atomic E-state index is 9.04. The van der Waals surface area contributed by atoms with Crippen LogP contribution in [0, 0.1) is 16.7 Å². The molecule has 0 radical (unpaired) electrons. The van der Waals surface area contributed by atoms with Gasteiger partial charge in [0.15, 0.2) is 0 Å². The van der Waals surface area contributed by atoms with Crippen molar-refractivity contribution in [3.8, 4) is 11.8 Å². The summed E-state index contributed by atoms with van der Waals surface area (Å²) in [5, 5.41) is 9.04. The fraction of sp³-hybridized carbons (Fsp3) is 0.611. The quantitative estimate of drug-likeness (QED) is 0.848. The second kappa shape index (κ2) is 6.07. The molecule has 1 aliphatic carbocycles. The zero-order valence-corrected chi connectivity index (χ0v) is 12.9. The highest BCUT2D eigenvalue weighted by Crippen LogP contribution is 2.46.